The van der Waals surface area contributed by atoms with Crippen molar-refractivity contribution in [3.8, 4) is 28.1 Å². The summed E-state index contributed by atoms with van der Waals surface area (Å²) in [5.74, 6) is -3.96. The third-order valence-corrected chi connectivity index (χ3v) is 5.49. The SMILES string of the molecule is Cn1nc(C(F)(F)F)c(-c2ccccc2OC(F)(F)F)c1-c1cc(F)c(S(C)(=O)=O)cc1F. The predicted octanol–water partition coefficient (Wildman–Crippen LogP) is 5.35. The standard InChI is InChI=1S/C19H12F8N2O3S/c1-29-16(10-7-12(21)14(8-11(10)20)33(2,30)31)15(17(28-29)18(22,23)24)9-5-3-4-6-13(9)32-19(25,26)27/h3-8H,1-2H3. The average Bonchev–Trinajstić information content (AvgIpc) is 2.99. The zero-order valence-electron chi connectivity index (χ0n) is 16.5. The maximum Gasteiger partial charge on any atom is 0.573 e. The van der Waals surface area contributed by atoms with E-state index in [1.807, 2.05) is 0 Å². The fourth-order valence-electron chi connectivity index (χ4n) is 3.17. The minimum atomic E-state index is -5.27. The Morgan fingerprint density at radius 3 is 2.09 bits per heavy atom. The summed E-state index contributed by atoms with van der Waals surface area (Å²) in [5.41, 5.74) is -5.07. The molecule has 33 heavy (non-hydrogen) atoms. The van der Waals surface area contributed by atoms with Crippen LogP contribution in [0, 0.1) is 11.6 Å². The predicted molar refractivity (Wildman–Crippen MR) is 98.8 cm³/mol. The summed E-state index contributed by atoms with van der Waals surface area (Å²) in [6.07, 6.45) is -9.89. The molecular formula is C19H12F8N2O3S. The summed E-state index contributed by atoms with van der Waals surface area (Å²) >= 11 is 0. The molecule has 0 radical (unpaired) electrons. The van der Waals surface area contributed by atoms with Crippen molar-refractivity contribution in [3.63, 3.8) is 0 Å². The highest BCUT2D eigenvalue weighted by molar-refractivity contribution is 7.90. The summed E-state index contributed by atoms with van der Waals surface area (Å²) in [6, 6.07) is 4.37. The minimum Gasteiger partial charge on any atom is -0.405 e. The summed E-state index contributed by atoms with van der Waals surface area (Å²) < 4.78 is 137. The lowest BCUT2D eigenvalue weighted by atomic mass is 9.97. The van der Waals surface area contributed by atoms with Crippen LogP contribution in [-0.4, -0.2) is 30.8 Å². The molecule has 0 fully saturated rings. The Hall–Kier alpha value is -3.16. The number of hydrogen-bond acceptors (Lipinski definition) is 4. The van der Waals surface area contributed by atoms with Crippen molar-refractivity contribution in [2.75, 3.05) is 6.26 Å². The summed E-state index contributed by atoms with van der Waals surface area (Å²) in [6.45, 7) is 0. The fraction of sp³-hybridized carbons (Fsp3) is 0.211. The van der Waals surface area contributed by atoms with Crippen molar-refractivity contribution in [2.45, 2.75) is 17.4 Å². The number of aromatic nitrogens is 2. The second-order valence-corrected chi connectivity index (χ2v) is 8.76. The van der Waals surface area contributed by atoms with Gasteiger partial charge in [-0.15, -0.1) is 13.2 Å². The van der Waals surface area contributed by atoms with Crippen molar-refractivity contribution in [2.24, 2.45) is 7.05 Å². The van der Waals surface area contributed by atoms with Crippen LogP contribution in [0.1, 0.15) is 5.69 Å². The Kier molecular flexibility index (Phi) is 5.94. The third kappa shape index (κ3) is 4.94. The number of hydrogen-bond donors (Lipinski definition) is 0. The first-order chi connectivity index (χ1) is 15.0. The first-order valence-electron chi connectivity index (χ1n) is 8.69. The van der Waals surface area contributed by atoms with E-state index in [9.17, 15) is 43.5 Å². The summed E-state index contributed by atoms with van der Waals surface area (Å²) in [4.78, 5) is -1.05. The van der Waals surface area contributed by atoms with Crippen molar-refractivity contribution in [1.82, 2.24) is 9.78 Å². The second kappa shape index (κ2) is 8.01. The minimum absolute atomic E-state index is 0.266. The van der Waals surface area contributed by atoms with E-state index in [-0.39, 0.29) is 6.07 Å². The Bertz CT molecular complexity index is 1330. The van der Waals surface area contributed by atoms with Crippen LogP contribution in [0.3, 0.4) is 0 Å². The second-order valence-electron chi connectivity index (χ2n) is 6.77. The molecule has 14 heteroatoms. The van der Waals surface area contributed by atoms with E-state index in [0.29, 0.717) is 17.0 Å². The van der Waals surface area contributed by atoms with Gasteiger partial charge in [0.15, 0.2) is 15.5 Å². The molecule has 0 spiro atoms. The molecule has 3 rings (SSSR count). The molecule has 178 valence electrons. The number of halogens is 8. The number of para-hydroxylation sites is 1. The molecule has 0 aliphatic rings. The number of sulfone groups is 1. The zero-order valence-corrected chi connectivity index (χ0v) is 17.3. The smallest absolute Gasteiger partial charge is 0.405 e. The highest BCUT2D eigenvalue weighted by Crippen LogP contribution is 2.46. The van der Waals surface area contributed by atoms with Crippen LogP contribution in [0.15, 0.2) is 41.3 Å². The summed E-state index contributed by atoms with van der Waals surface area (Å²) in [5, 5.41) is 3.26. The molecule has 1 heterocycles. The number of nitrogens with zero attached hydrogens (tertiary/aromatic N) is 2. The van der Waals surface area contributed by atoms with Gasteiger partial charge in [-0.25, -0.2) is 17.2 Å². The lowest BCUT2D eigenvalue weighted by Gasteiger charge is -2.16. The van der Waals surface area contributed by atoms with Gasteiger partial charge in [-0.3, -0.25) is 4.68 Å². The topological polar surface area (TPSA) is 61.2 Å². The van der Waals surface area contributed by atoms with Crippen LogP contribution in [0.25, 0.3) is 22.4 Å². The van der Waals surface area contributed by atoms with Gasteiger partial charge in [0, 0.05) is 30.0 Å². The van der Waals surface area contributed by atoms with Crippen LogP contribution >= 0.6 is 0 Å². The molecule has 5 nitrogen and oxygen atoms in total. The van der Waals surface area contributed by atoms with E-state index in [0.717, 1.165) is 31.3 Å². The van der Waals surface area contributed by atoms with Crippen molar-refractivity contribution in [3.05, 3.63) is 53.7 Å². The molecule has 0 N–H and O–H groups in total. The van der Waals surface area contributed by atoms with Crippen molar-refractivity contribution < 1.29 is 48.3 Å². The van der Waals surface area contributed by atoms with E-state index >= 15 is 0 Å². The van der Waals surface area contributed by atoms with Crippen molar-refractivity contribution in [1.29, 1.82) is 0 Å². The van der Waals surface area contributed by atoms with Gasteiger partial charge < -0.3 is 4.74 Å². The Morgan fingerprint density at radius 2 is 1.55 bits per heavy atom. The lowest BCUT2D eigenvalue weighted by Crippen LogP contribution is -2.18. The number of rotatable bonds is 4. The van der Waals surface area contributed by atoms with Gasteiger partial charge in [0.1, 0.15) is 22.3 Å². The lowest BCUT2D eigenvalue weighted by molar-refractivity contribution is -0.274. The number of ether oxygens (including phenoxy) is 1. The van der Waals surface area contributed by atoms with Gasteiger partial charge in [-0.05, 0) is 18.2 Å². The van der Waals surface area contributed by atoms with E-state index < -0.39 is 72.7 Å². The number of benzene rings is 2. The molecule has 0 aliphatic carbocycles. The highest BCUT2D eigenvalue weighted by atomic mass is 32.2. The maximum atomic E-state index is 14.8. The Morgan fingerprint density at radius 1 is 0.939 bits per heavy atom. The molecule has 0 amide bonds. The average molecular weight is 500 g/mol. The van der Waals surface area contributed by atoms with Gasteiger partial charge in [-0.2, -0.15) is 18.3 Å². The Balaban J connectivity index is 2.41. The third-order valence-electron chi connectivity index (χ3n) is 4.37. The van der Waals surface area contributed by atoms with Gasteiger partial charge in [0.05, 0.1) is 5.69 Å². The number of alkyl halides is 6. The van der Waals surface area contributed by atoms with Gasteiger partial charge >= 0.3 is 12.5 Å². The van der Waals surface area contributed by atoms with Gasteiger partial charge in [-0.1, -0.05) is 18.2 Å². The zero-order chi connectivity index (χ0) is 24.9. The summed E-state index contributed by atoms with van der Waals surface area (Å²) in [7, 11) is -3.30. The molecule has 0 saturated carbocycles. The molecule has 2 aromatic carbocycles. The van der Waals surface area contributed by atoms with Crippen molar-refractivity contribution >= 4 is 9.84 Å². The van der Waals surface area contributed by atoms with Gasteiger partial charge in [0.2, 0.25) is 0 Å². The molecule has 1 aromatic heterocycles. The van der Waals surface area contributed by atoms with Crippen LogP contribution in [0.2, 0.25) is 0 Å². The van der Waals surface area contributed by atoms with E-state index in [1.165, 1.54) is 0 Å². The largest absolute Gasteiger partial charge is 0.573 e. The van der Waals surface area contributed by atoms with E-state index in [4.69, 9.17) is 0 Å². The molecule has 3 aromatic rings. The van der Waals surface area contributed by atoms with E-state index in [1.54, 1.807) is 0 Å². The maximum absolute atomic E-state index is 14.8. The molecule has 0 unspecified atom stereocenters. The van der Waals surface area contributed by atoms with Gasteiger partial charge in [0.25, 0.3) is 0 Å². The highest BCUT2D eigenvalue weighted by Gasteiger charge is 2.42. The molecular weight excluding hydrogens is 488 g/mol. The van der Waals surface area contributed by atoms with Crippen LogP contribution < -0.4 is 4.74 Å². The molecule has 0 aliphatic heterocycles. The van der Waals surface area contributed by atoms with Crippen LogP contribution in [0.5, 0.6) is 5.75 Å². The van der Waals surface area contributed by atoms with Crippen LogP contribution in [0.4, 0.5) is 35.1 Å². The Labute approximate surface area is 181 Å². The normalized spacial score (nSPS) is 12.8. The van der Waals surface area contributed by atoms with E-state index in [2.05, 4.69) is 9.84 Å². The first-order valence-corrected chi connectivity index (χ1v) is 10.6. The number of aryl methyl sites for hydroxylation is 1. The quantitative estimate of drug-likeness (QED) is 0.453. The molecule has 0 atom stereocenters. The van der Waals surface area contributed by atoms with Crippen LogP contribution in [-0.2, 0) is 23.1 Å². The molecule has 0 bridgehead atoms. The first kappa shape index (κ1) is 24.5. The fourth-order valence-corrected chi connectivity index (χ4v) is 3.90. The monoisotopic (exact) mass is 500 g/mol. The molecule has 0 saturated heterocycles.